The molecule has 1 saturated heterocycles. The van der Waals surface area contributed by atoms with Gasteiger partial charge in [-0.15, -0.1) is 0 Å². The summed E-state index contributed by atoms with van der Waals surface area (Å²) in [5, 5.41) is 9.36. The molecule has 0 unspecified atom stereocenters. The van der Waals surface area contributed by atoms with Crippen LogP contribution < -0.4 is 14.4 Å². The SMILES string of the molecule is COc1ccc(CCN(C(=O)/C=C/C(=O)O)[C@H]2CC(=O)N(c3ccc(Cl)cc3)C2=O)cc1OC. The van der Waals surface area contributed by atoms with E-state index in [9.17, 15) is 19.2 Å². The fourth-order valence-corrected chi connectivity index (χ4v) is 3.79. The Labute approximate surface area is 201 Å². The lowest BCUT2D eigenvalue weighted by molar-refractivity contribution is -0.135. The first-order chi connectivity index (χ1) is 16.2. The first-order valence-electron chi connectivity index (χ1n) is 10.3. The number of carboxylic acids is 1. The molecule has 0 saturated carbocycles. The van der Waals surface area contributed by atoms with E-state index in [-0.39, 0.29) is 13.0 Å². The standard InChI is InChI=1S/C24H23ClN2O7/c1-33-19-8-3-15(13-20(19)34-2)11-12-26(21(28)9-10-23(30)31)18-14-22(29)27(24(18)32)17-6-4-16(25)5-7-17/h3-10,13,18H,11-12,14H2,1-2H3,(H,30,31)/b10-9+/t18-/m0/s1. The number of halogens is 1. The zero-order valence-corrected chi connectivity index (χ0v) is 19.3. The van der Waals surface area contributed by atoms with Gasteiger partial charge in [0.05, 0.1) is 26.3 Å². The predicted octanol–water partition coefficient (Wildman–Crippen LogP) is 2.70. The molecule has 3 rings (SSSR count). The van der Waals surface area contributed by atoms with E-state index in [0.717, 1.165) is 16.5 Å². The summed E-state index contributed by atoms with van der Waals surface area (Å²) in [5.41, 5.74) is 1.14. The van der Waals surface area contributed by atoms with Gasteiger partial charge in [0.15, 0.2) is 11.5 Å². The van der Waals surface area contributed by atoms with Crippen molar-refractivity contribution in [2.45, 2.75) is 18.9 Å². The number of carbonyl (C=O) groups is 4. The Hall–Kier alpha value is -3.85. The molecule has 9 nitrogen and oxygen atoms in total. The Bertz CT molecular complexity index is 1130. The topological polar surface area (TPSA) is 113 Å². The summed E-state index contributed by atoms with van der Waals surface area (Å²) < 4.78 is 10.5. The molecule has 1 fully saturated rings. The first-order valence-corrected chi connectivity index (χ1v) is 10.7. The number of carbonyl (C=O) groups excluding carboxylic acids is 3. The minimum atomic E-state index is -1.30. The molecule has 34 heavy (non-hydrogen) atoms. The number of methoxy groups -OCH3 is 2. The molecular weight excluding hydrogens is 464 g/mol. The first kappa shape index (κ1) is 24.8. The van der Waals surface area contributed by atoms with E-state index in [0.29, 0.717) is 34.7 Å². The average Bonchev–Trinajstić information content (AvgIpc) is 3.11. The van der Waals surface area contributed by atoms with E-state index in [1.807, 2.05) is 0 Å². The van der Waals surface area contributed by atoms with Crippen molar-refractivity contribution in [3.8, 4) is 11.5 Å². The van der Waals surface area contributed by atoms with Crippen LogP contribution in [-0.4, -0.2) is 60.5 Å². The molecule has 0 aliphatic carbocycles. The fourth-order valence-electron chi connectivity index (χ4n) is 3.66. The molecule has 0 radical (unpaired) electrons. The normalized spacial score (nSPS) is 15.6. The molecule has 10 heteroatoms. The van der Waals surface area contributed by atoms with Crippen LogP contribution in [0.25, 0.3) is 0 Å². The molecule has 2 aromatic carbocycles. The number of ether oxygens (including phenoxy) is 2. The van der Waals surface area contributed by atoms with Crippen LogP contribution >= 0.6 is 11.6 Å². The highest BCUT2D eigenvalue weighted by Crippen LogP contribution is 2.29. The maximum Gasteiger partial charge on any atom is 0.328 e. The molecule has 1 aliphatic rings. The lowest BCUT2D eigenvalue weighted by Gasteiger charge is -2.26. The summed E-state index contributed by atoms with van der Waals surface area (Å²) >= 11 is 5.90. The number of anilines is 1. The van der Waals surface area contributed by atoms with Crippen molar-refractivity contribution < 1.29 is 33.8 Å². The van der Waals surface area contributed by atoms with Gasteiger partial charge in [0.1, 0.15) is 6.04 Å². The van der Waals surface area contributed by atoms with Gasteiger partial charge in [0.2, 0.25) is 11.8 Å². The van der Waals surface area contributed by atoms with E-state index in [2.05, 4.69) is 0 Å². The molecule has 2 aromatic rings. The number of hydrogen-bond acceptors (Lipinski definition) is 6. The molecule has 0 aromatic heterocycles. The third-order valence-electron chi connectivity index (χ3n) is 5.32. The smallest absolute Gasteiger partial charge is 0.328 e. The minimum Gasteiger partial charge on any atom is -0.493 e. The second kappa shape index (κ2) is 10.8. The molecule has 1 N–H and O–H groups in total. The Balaban J connectivity index is 1.86. The maximum atomic E-state index is 13.2. The molecule has 0 spiro atoms. The van der Waals surface area contributed by atoms with Crippen LogP contribution in [0.5, 0.6) is 11.5 Å². The van der Waals surface area contributed by atoms with Crippen LogP contribution in [-0.2, 0) is 25.6 Å². The second-order valence-corrected chi connectivity index (χ2v) is 7.84. The van der Waals surface area contributed by atoms with Gasteiger partial charge in [-0.2, -0.15) is 0 Å². The van der Waals surface area contributed by atoms with Crippen molar-refractivity contribution in [1.82, 2.24) is 4.90 Å². The van der Waals surface area contributed by atoms with Gasteiger partial charge < -0.3 is 19.5 Å². The van der Waals surface area contributed by atoms with E-state index < -0.39 is 29.7 Å². The van der Waals surface area contributed by atoms with Crippen LogP contribution in [0.15, 0.2) is 54.6 Å². The number of carboxylic acid groups (broad SMARTS) is 1. The monoisotopic (exact) mass is 486 g/mol. The summed E-state index contributed by atoms with van der Waals surface area (Å²) in [5.74, 6) is -1.99. The lowest BCUT2D eigenvalue weighted by atomic mass is 10.1. The molecule has 1 atom stereocenters. The summed E-state index contributed by atoms with van der Waals surface area (Å²) in [6.07, 6.45) is 1.68. The molecule has 1 aliphatic heterocycles. The average molecular weight is 487 g/mol. The fraction of sp³-hybridized carbons (Fsp3) is 0.250. The molecule has 3 amide bonds. The minimum absolute atomic E-state index is 0.0659. The Morgan fingerprint density at radius 3 is 2.38 bits per heavy atom. The molecule has 178 valence electrons. The number of nitrogens with zero attached hydrogens (tertiary/aromatic N) is 2. The third-order valence-corrected chi connectivity index (χ3v) is 5.58. The molecular formula is C24H23ClN2O7. The van der Waals surface area contributed by atoms with Gasteiger partial charge in [-0.25, -0.2) is 9.69 Å². The molecule has 0 bridgehead atoms. The van der Waals surface area contributed by atoms with Crippen molar-refractivity contribution in [3.63, 3.8) is 0 Å². The number of amides is 3. The van der Waals surface area contributed by atoms with Crippen molar-refractivity contribution in [2.75, 3.05) is 25.7 Å². The highest BCUT2D eigenvalue weighted by molar-refractivity contribution is 6.31. The van der Waals surface area contributed by atoms with Gasteiger partial charge >= 0.3 is 5.97 Å². The van der Waals surface area contributed by atoms with E-state index in [4.69, 9.17) is 26.2 Å². The Morgan fingerprint density at radius 1 is 1.09 bits per heavy atom. The lowest BCUT2D eigenvalue weighted by Crippen LogP contribution is -2.46. The Kier molecular flexibility index (Phi) is 7.91. The van der Waals surface area contributed by atoms with E-state index >= 15 is 0 Å². The predicted molar refractivity (Wildman–Crippen MR) is 124 cm³/mol. The van der Waals surface area contributed by atoms with Crippen LogP contribution in [0.1, 0.15) is 12.0 Å². The zero-order chi connectivity index (χ0) is 24.8. The van der Waals surface area contributed by atoms with Crippen LogP contribution in [0, 0.1) is 0 Å². The molecule has 1 heterocycles. The summed E-state index contributed by atoms with van der Waals surface area (Å²) in [4.78, 5) is 51.9. The van der Waals surface area contributed by atoms with Crippen molar-refractivity contribution in [3.05, 3.63) is 65.2 Å². The van der Waals surface area contributed by atoms with Crippen molar-refractivity contribution in [2.24, 2.45) is 0 Å². The zero-order valence-electron chi connectivity index (χ0n) is 18.6. The van der Waals surface area contributed by atoms with Gasteiger partial charge in [-0.1, -0.05) is 17.7 Å². The van der Waals surface area contributed by atoms with Crippen LogP contribution in [0.2, 0.25) is 5.02 Å². The van der Waals surface area contributed by atoms with Crippen LogP contribution in [0.3, 0.4) is 0 Å². The maximum absolute atomic E-state index is 13.2. The number of benzene rings is 2. The number of rotatable bonds is 9. The van der Waals surface area contributed by atoms with E-state index in [1.54, 1.807) is 42.5 Å². The van der Waals surface area contributed by atoms with Crippen LogP contribution in [0.4, 0.5) is 5.69 Å². The summed E-state index contributed by atoms with van der Waals surface area (Å²) in [7, 11) is 3.02. The summed E-state index contributed by atoms with van der Waals surface area (Å²) in [6.45, 7) is 0.0659. The number of aliphatic carboxylic acids is 1. The largest absolute Gasteiger partial charge is 0.493 e. The van der Waals surface area contributed by atoms with Crippen molar-refractivity contribution in [1.29, 1.82) is 0 Å². The number of hydrogen-bond donors (Lipinski definition) is 1. The number of imide groups is 1. The van der Waals surface area contributed by atoms with Gasteiger partial charge in [-0.05, 0) is 48.4 Å². The van der Waals surface area contributed by atoms with Gasteiger partial charge in [0, 0.05) is 23.7 Å². The van der Waals surface area contributed by atoms with Gasteiger partial charge in [-0.3, -0.25) is 14.4 Å². The second-order valence-electron chi connectivity index (χ2n) is 7.41. The Morgan fingerprint density at radius 2 is 1.76 bits per heavy atom. The quantitative estimate of drug-likeness (QED) is 0.428. The summed E-state index contributed by atoms with van der Waals surface area (Å²) in [6, 6.07) is 10.4. The highest BCUT2D eigenvalue weighted by atomic mass is 35.5. The van der Waals surface area contributed by atoms with Gasteiger partial charge in [0.25, 0.3) is 5.91 Å². The van der Waals surface area contributed by atoms with E-state index in [1.165, 1.54) is 19.1 Å². The highest BCUT2D eigenvalue weighted by Gasteiger charge is 2.43. The third kappa shape index (κ3) is 5.55. The van der Waals surface area contributed by atoms with Crippen molar-refractivity contribution >= 4 is 41.0 Å².